The number of hydrogen-bond acceptors (Lipinski definition) is 6. The van der Waals surface area contributed by atoms with E-state index in [9.17, 15) is 14.4 Å². The van der Waals surface area contributed by atoms with Crippen molar-refractivity contribution in [2.75, 3.05) is 32.1 Å². The summed E-state index contributed by atoms with van der Waals surface area (Å²) < 4.78 is 4.27. The van der Waals surface area contributed by atoms with Gasteiger partial charge in [-0.15, -0.1) is 0 Å². The summed E-state index contributed by atoms with van der Waals surface area (Å²) in [7, 11) is 8.28. The molecule has 144 valence electrons. The summed E-state index contributed by atoms with van der Waals surface area (Å²) in [6.45, 7) is 1.57. The number of anilines is 1. The lowest BCUT2D eigenvalue weighted by Crippen LogP contribution is -2.43. The quantitative estimate of drug-likeness (QED) is 0.656. The van der Waals surface area contributed by atoms with Gasteiger partial charge in [0.25, 0.3) is 5.56 Å². The molecule has 1 amide bonds. The third-order valence-electron chi connectivity index (χ3n) is 4.40. The minimum Gasteiger partial charge on any atom is -0.351 e. The van der Waals surface area contributed by atoms with Crippen LogP contribution in [-0.2, 0) is 25.9 Å². The Morgan fingerprint density at radius 1 is 1.15 bits per heavy atom. The molecular formula is C16H27N7O3. The van der Waals surface area contributed by atoms with Crippen LogP contribution in [0.15, 0.2) is 9.59 Å². The first kappa shape index (κ1) is 19.7. The Bertz CT molecular complexity index is 909. The summed E-state index contributed by atoms with van der Waals surface area (Å²) >= 11 is 0. The molecule has 0 radical (unpaired) electrons. The fraction of sp³-hybridized carbons (Fsp3) is 0.625. The molecule has 26 heavy (non-hydrogen) atoms. The summed E-state index contributed by atoms with van der Waals surface area (Å²) in [6, 6.07) is 0.116. The summed E-state index contributed by atoms with van der Waals surface area (Å²) in [5.41, 5.74) is 6.18. The van der Waals surface area contributed by atoms with Gasteiger partial charge < -0.3 is 20.1 Å². The van der Waals surface area contributed by atoms with E-state index in [2.05, 4.69) is 9.88 Å². The van der Waals surface area contributed by atoms with Crippen molar-refractivity contribution in [1.29, 1.82) is 0 Å². The summed E-state index contributed by atoms with van der Waals surface area (Å²) in [5.74, 6) is 0.693. The lowest BCUT2D eigenvalue weighted by atomic mass is 10.1. The van der Waals surface area contributed by atoms with Gasteiger partial charge in [0, 0.05) is 54.4 Å². The second kappa shape index (κ2) is 7.73. The molecule has 0 aromatic carbocycles. The lowest BCUT2D eigenvalue weighted by Gasteiger charge is -2.31. The van der Waals surface area contributed by atoms with E-state index in [1.165, 1.54) is 16.5 Å². The van der Waals surface area contributed by atoms with Gasteiger partial charge in [-0.3, -0.25) is 18.7 Å². The molecule has 1 atom stereocenters. The molecule has 0 bridgehead atoms. The highest BCUT2D eigenvalue weighted by Crippen LogP contribution is 2.21. The normalized spacial score (nSPS) is 17.0. The molecule has 2 aromatic rings. The number of amides is 1. The number of nitrogens with zero attached hydrogens (tertiary/aromatic N) is 6. The highest BCUT2D eigenvalue weighted by atomic mass is 16.2. The SMILES string of the molecule is CN(C)C=O.Cn1c(=O)c2c(nc(N3CCCC(N)C3)n2C)n(C)c1=O. The highest BCUT2D eigenvalue weighted by Gasteiger charge is 2.24. The minimum absolute atomic E-state index is 0.116. The van der Waals surface area contributed by atoms with Crippen LogP contribution >= 0.6 is 0 Å². The smallest absolute Gasteiger partial charge is 0.332 e. The van der Waals surface area contributed by atoms with Crippen LogP contribution < -0.4 is 21.9 Å². The maximum Gasteiger partial charge on any atom is 0.332 e. The number of aromatic nitrogens is 4. The number of nitrogens with two attached hydrogens (primary N) is 1. The molecule has 0 saturated carbocycles. The number of hydrogen-bond donors (Lipinski definition) is 1. The molecule has 1 unspecified atom stereocenters. The molecule has 0 aliphatic carbocycles. The Morgan fingerprint density at radius 3 is 2.31 bits per heavy atom. The summed E-state index contributed by atoms with van der Waals surface area (Å²) in [4.78, 5) is 41.8. The van der Waals surface area contributed by atoms with Crippen molar-refractivity contribution in [1.82, 2.24) is 23.6 Å². The molecule has 10 nitrogen and oxygen atoms in total. The average molecular weight is 365 g/mol. The third-order valence-corrected chi connectivity index (χ3v) is 4.40. The molecule has 2 aromatic heterocycles. The van der Waals surface area contributed by atoms with Gasteiger partial charge in [-0.05, 0) is 12.8 Å². The van der Waals surface area contributed by atoms with Crippen LogP contribution in [0.4, 0.5) is 5.95 Å². The van der Waals surface area contributed by atoms with Gasteiger partial charge in [-0.25, -0.2) is 4.79 Å². The number of piperidine rings is 1. The van der Waals surface area contributed by atoms with E-state index in [0.29, 0.717) is 23.7 Å². The van der Waals surface area contributed by atoms with Crippen molar-refractivity contribution in [3.05, 3.63) is 20.8 Å². The fourth-order valence-corrected chi connectivity index (χ4v) is 2.98. The zero-order valence-electron chi connectivity index (χ0n) is 16.0. The molecule has 1 fully saturated rings. The summed E-state index contributed by atoms with van der Waals surface area (Å²) in [5, 5.41) is 0. The standard InChI is InChI=1S/C13H20N6O2.C3H7NO/c1-16-9-10(17(2)13(21)18(3)11(9)20)15-12(16)19-6-4-5-8(14)7-19;1-4(2)3-5/h8H,4-7,14H2,1-3H3;3H,1-2H3. The van der Waals surface area contributed by atoms with Crippen molar-refractivity contribution in [2.45, 2.75) is 18.9 Å². The average Bonchev–Trinajstić information content (AvgIpc) is 2.96. The van der Waals surface area contributed by atoms with Gasteiger partial charge in [0.15, 0.2) is 11.2 Å². The van der Waals surface area contributed by atoms with E-state index < -0.39 is 0 Å². The van der Waals surface area contributed by atoms with E-state index >= 15 is 0 Å². The van der Waals surface area contributed by atoms with Crippen LogP contribution in [0.25, 0.3) is 11.2 Å². The van der Waals surface area contributed by atoms with Crippen molar-refractivity contribution in [3.63, 3.8) is 0 Å². The number of aryl methyl sites for hydroxylation is 2. The van der Waals surface area contributed by atoms with E-state index in [1.807, 2.05) is 0 Å². The van der Waals surface area contributed by atoms with Gasteiger partial charge in [0.2, 0.25) is 12.4 Å². The number of fused-ring (bicyclic) bond motifs is 1. The predicted octanol–water partition coefficient (Wildman–Crippen LogP) is -1.40. The molecule has 1 saturated heterocycles. The van der Waals surface area contributed by atoms with Gasteiger partial charge in [0.05, 0.1) is 0 Å². The second-order valence-electron chi connectivity index (χ2n) is 6.77. The molecule has 10 heteroatoms. The Morgan fingerprint density at radius 2 is 1.77 bits per heavy atom. The fourth-order valence-electron chi connectivity index (χ4n) is 2.98. The first-order valence-electron chi connectivity index (χ1n) is 8.43. The monoisotopic (exact) mass is 365 g/mol. The highest BCUT2D eigenvalue weighted by molar-refractivity contribution is 5.74. The molecule has 1 aliphatic heterocycles. The zero-order valence-corrected chi connectivity index (χ0v) is 16.0. The number of rotatable bonds is 2. The number of imidazole rings is 1. The largest absolute Gasteiger partial charge is 0.351 e. The van der Waals surface area contributed by atoms with Gasteiger partial charge >= 0.3 is 5.69 Å². The van der Waals surface area contributed by atoms with Gasteiger partial charge in [-0.2, -0.15) is 4.98 Å². The molecule has 0 spiro atoms. The van der Waals surface area contributed by atoms with Crippen molar-refractivity contribution < 1.29 is 4.79 Å². The Kier molecular flexibility index (Phi) is 5.86. The van der Waals surface area contributed by atoms with E-state index in [0.717, 1.165) is 30.4 Å². The Hall–Kier alpha value is -2.62. The van der Waals surface area contributed by atoms with E-state index in [-0.39, 0.29) is 17.3 Å². The van der Waals surface area contributed by atoms with Crippen LogP contribution in [0.2, 0.25) is 0 Å². The second-order valence-corrected chi connectivity index (χ2v) is 6.77. The summed E-state index contributed by atoms with van der Waals surface area (Å²) in [6.07, 6.45) is 2.75. The molecule has 3 rings (SSSR count). The van der Waals surface area contributed by atoms with Crippen molar-refractivity contribution in [2.24, 2.45) is 26.9 Å². The maximum atomic E-state index is 12.3. The van der Waals surface area contributed by atoms with E-state index in [4.69, 9.17) is 5.73 Å². The van der Waals surface area contributed by atoms with Crippen LogP contribution in [-0.4, -0.2) is 63.2 Å². The van der Waals surface area contributed by atoms with Gasteiger partial charge in [0.1, 0.15) is 0 Å². The molecule has 3 heterocycles. The predicted molar refractivity (Wildman–Crippen MR) is 100 cm³/mol. The van der Waals surface area contributed by atoms with Crippen LogP contribution in [0.3, 0.4) is 0 Å². The topological polar surface area (TPSA) is 111 Å². The zero-order chi connectivity index (χ0) is 19.6. The van der Waals surface area contributed by atoms with Crippen LogP contribution in [0, 0.1) is 0 Å². The van der Waals surface area contributed by atoms with Gasteiger partial charge in [-0.1, -0.05) is 0 Å². The first-order chi connectivity index (χ1) is 12.2. The van der Waals surface area contributed by atoms with Crippen molar-refractivity contribution in [3.8, 4) is 0 Å². The maximum absolute atomic E-state index is 12.3. The van der Waals surface area contributed by atoms with E-state index in [1.54, 1.807) is 32.8 Å². The minimum atomic E-state index is -0.368. The van der Waals surface area contributed by atoms with Crippen molar-refractivity contribution >= 4 is 23.5 Å². The number of carbonyl (C=O) groups is 1. The molecule has 1 aliphatic rings. The van der Waals surface area contributed by atoms with Crippen LogP contribution in [0.1, 0.15) is 12.8 Å². The Balaban J connectivity index is 0.000000431. The third kappa shape index (κ3) is 3.64. The Labute approximate surface area is 151 Å². The number of carbonyl (C=O) groups excluding carboxylic acids is 1. The molecule has 2 N–H and O–H groups in total. The molecular weight excluding hydrogens is 338 g/mol. The lowest BCUT2D eigenvalue weighted by molar-refractivity contribution is -0.115. The first-order valence-corrected chi connectivity index (χ1v) is 8.43. The van der Waals surface area contributed by atoms with Crippen LogP contribution in [0.5, 0.6) is 0 Å².